The van der Waals surface area contributed by atoms with Crippen LogP contribution in [0.2, 0.25) is 0 Å². The molecule has 2 aliphatic rings. The fourth-order valence-corrected chi connectivity index (χ4v) is 4.30. The van der Waals surface area contributed by atoms with Crippen molar-refractivity contribution in [1.29, 1.82) is 0 Å². The molecule has 1 fully saturated rings. The first kappa shape index (κ1) is 19.5. The maximum absolute atomic E-state index is 12.4. The van der Waals surface area contributed by atoms with E-state index in [4.69, 9.17) is 0 Å². The number of hydrogen-bond donors (Lipinski definition) is 2. The molecule has 1 saturated heterocycles. The van der Waals surface area contributed by atoms with E-state index in [1.165, 1.54) is 4.72 Å². The summed E-state index contributed by atoms with van der Waals surface area (Å²) in [6.07, 6.45) is 0. The number of carboxylic acid groups (broad SMARTS) is 1. The van der Waals surface area contributed by atoms with E-state index in [0.29, 0.717) is 4.90 Å². The molecule has 0 saturated carbocycles. The zero-order chi connectivity index (χ0) is 19.2. The van der Waals surface area contributed by atoms with Crippen LogP contribution < -0.4 is 4.72 Å². The molecule has 2 aliphatic heterocycles. The number of sulfonamides is 1. The Kier molecular flexibility index (Phi) is 5.07. The normalized spacial score (nSPS) is 23.8. The van der Waals surface area contributed by atoms with Gasteiger partial charge in [0.1, 0.15) is 23.7 Å². The molecule has 2 N–H and O–H groups in total. The van der Waals surface area contributed by atoms with Crippen LogP contribution in [0.15, 0.2) is 11.3 Å². The van der Waals surface area contributed by atoms with Gasteiger partial charge < -0.3 is 9.84 Å². The molecular formula is C11H11F3N2O7S2. The number of esters is 1. The number of nitrogens with zero attached hydrogens (tertiary/aromatic N) is 1. The van der Waals surface area contributed by atoms with Crippen LogP contribution in [0.1, 0.15) is 6.92 Å². The Bertz CT molecular complexity index is 762. The van der Waals surface area contributed by atoms with Crippen molar-refractivity contribution in [3.05, 3.63) is 11.3 Å². The Balaban J connectivity index is 2.24. The highest BCUT2D eigenvalue weighted by atomic mass is 32.2. The van der Waals surface area contributed by atoms with Crippen molar-refractivity contribution < 1.29 is 45.8 Å². The lowest BCUT2D eigenvalue weighted by Gasteiger charge is -2.49. The van der Waals surface area contributed by atoms with E-state index in [2.05, 4.69) is 4.74 Å². The second-order valence-corrected chi connectivity index (χ2v) is 7.80. The predicted octanol–water partition coefficient (Wildman–Crippen LogP) is -0.389. The van der Waals surface area contributed by atoms with Gasteiger partial charge in [-0.2, -0.15) is 17.9 Å². The second kappa shape index (κ2) is 6.49. The molecular weight excluding hydrogens is 393 g/mol. The SMILES string of the molecule is CC(=O)OCC1=C(C(=O)O)N2C(=O)[C@@H](NS(=O)(=O)C(F)(F)F)[C@H]2SC1. The van der Waals surface area contributed by atoms with Crippen molar-refractivity contribution in [2.75, 3.05) is 12.4 Å². The molecule has 25 heavy (non-hydrogen) atoms. The molecule has 9 nitrogen and oxygen atoms in total. The number of amides is 1. The third-order valence-corrected chi connectivity index (χ3v) is 5.80. The molecule has 0 radical (unpaired) electrons. The predicted molar refractivity (Wildman–Crippen MR) is 76.3 cm³/mol. The number of alkyl halides is 3. The number of ether oxygens (including phenoxy) is 1. The lowest BCUT2D eigenvalue weighted by Crippen LogP contribution is -2.71. The summed E-state index contributed by atoms with van der Waals surface area (Å²) in [7, 11) is -5.76. The van der Waals surface area contributed by atoms with Gasteiger partial charge in [0.25, 0.3) is 0 Å². The first-order valence-electron chi connectivity index (χ1n) is 6.48. The number of halogens is 3. The minimum atomic E-state index is -5.76. The number of rotatable bonds is 5. The number of hydrogen-bond acceptors (Lipinski definition) is 7. The highest BCUT2D eigenvalue weighted by Gasteiger charge is 2.58. The van der Waals surface area contributed by atoms with Gasteiger partial charge in [0.15, 0.2) is 0 Å². The van der Waals surface area contributed by atoms with E-state index in [-0.39, 0.29) is 11.3 Å². The molecule has 1 amide bonds. The van der Waals surface area contributed by atoms with Gasteiger partial charge in [-0.1, -0.05) is 0 Å². The van der Waals surface area contributed by atoms with Crippen molar-refractivity contribution in [3.63, 3.8) is 0 Å². The highest BCUT2D eigenvalue weighted by Crippen LogP contribution is 2.41. The Morgan fingerprint density at radius 2 is 2.04 bits per heavy atom. The number of carbonyl (C=O) groups excluding carboxylic acids is 2. The fraction of sp³-hybridized carbons (Fsp3) is 0.545. The average molecular weight is 404 g/mol. The van der Waals surface area contributed by atoms with Crippen LogP contribution in [0.3, 0.4) is 0 Å². The molecule has 2 atom stereocenters. The molecule has 2 heterocycles. The first-order valence-corrected chi connectivity index (χ1v) is 9.02. The Hall–Kier alpha value is -1.80. The molecule has 14 heteroatoms. The number of nitrogens with one attached hydrogen (secondary N) is 1. The summed E-state index contributed by atoms with van der Waals surface area (Å²) in [6.45, 7) is 0.690. The van der Waals surface area contributed by atoms with Gasteiger partial charge in [-0.3, -0.25) is 14.5 Å². The van der Waals surface area contributed by atoms with E-state index in [9.17, 15) is 41.1 Å². The molecule has 0 aromatic heterocycles. The number of carboxylic acids is 1. The topological polar surface area (TPSA) is 130 Å². The van der Waals surface area contributed by atoms with E-state index in [1.807, 2.05) is 0 Å². The monoisotopic (exact) mass is 404 g/mol. The first-order chi connectivity index (χ1) is 11.4. The van der Waals surface area contributed by atoms with E-state index < -0.39 is 57.1 Å². The molecule has 140 valence electrons. The molecule has 0 bridgehead atoms. The van der Waals surface area contributed by atoms with Gasteiger partial charge in [0, 0.05) is 18.2 Å². The largest absolute Gasteiger partial charge is 0.511 e. The van der Waals surface area contributed by atoms with Gasteiger partial charge in [0.2, 0.25) is 5.91 Å². The summed E-state index contributed by atoms with van der Waals surface area (Å²) < 4.78 is 65.4. The number of thioether (sulfide) groups is 1. The number of aliphatic carboxylic acids is 1. The Labute approximate surface area is 143 Å². The highest BCUT2D eigenvalue weighted by molar-refractivity contribution is 8.00. The van der Waals surface area contributed by atoms with Crippen LogP contribution >= 0.6 is 11.8 Å². The van der Waals surface area contributed by atoms with Crippen molar-refractivity contribution in [2.45, 2.75) is 23.8 Å². The van der Waals surface area contributed by atoms with E-state index in [0.717, 1.165) is 18.7 Å². The minimum absolute atomic E-state index is 0.0619. The third-order valence-electron chi connectivity index (χ3n) is 3.29. The van der Waals surface area contributed by atoms with Crippen molar-refractivity contribution in [3.8, 4) is 0 Å². The quantitative estimate of drug-likeness (QED) is 0.468. The zero-order valence-corrected chi connectivity index (χ0v) is 14.0. The summed E-state index contributed by atoms with van der Waals surface area (Å²) in [4.78, 5) is 34.9. The summed E-state index contributed by atoms with van der Waals surface area (Å²) >= 11 is 0.855. The van der Waals surface area contributed by atoms with Crippen LogP contribution in [0.25, 0.3) is 0 Å². The number of fused-ring (bicyclic) bond motifs is 1. The van der Waals surface area contributed by atoms with Crippen LogP contribution in [0.5, 0.6) is 0 Å². The van der Waals surface area contributed by atoms with Gasteiger partial charge in [-0.05, 0) is 0 Å². The molecule has 0 aliphatic carbocycles. The standard InChI is InChI=1S/C11H11F3N2O7S2/c1-4(17)23-2-5-3-24-9-6(15-25(21,22)11(12,13)14)8(18)16(9)7(5)10(19)20/h6,9,15H,2-3H2,1H3,(H,19,20)/t6-,9-/m1/s1. The van der Waals surface area contributed by atoms with Gasteiger partial charge in [-0.25, -0.2) is 13.2 Å². The zero-order valence-electron chi connectivity index (χ0n) is 12.4. The molecule has 0 spiro atoms. The van der Waals surface area contributed by atoms with Crippen LogP contribution in [-0.2, 0) is 29.1 Å². The minimum Gasteiger partial charge on any atom is -0.477 e. The van der Waals surface area contributed by atoms with Crippen LogP contribution in [0, 0.1) is 0 Å². The summed E-state index contributed by atoms with van der Waals surface area (Å²) in [5.74, 6) is -3.43. The van der Waals surface area contributed by atoms with Crippen molar-refractivity contribution >= 4 is 39.6 Å². The third kappa shape index (κ3) is 3.59. The Morgan fingerprint density at radius 3 is 2.52 bits per heavy atom. The van der Waals surface area contributed by atoms with Crippen LogP contribution in [0.4, 0.5) is 13.2 Å². The summed E-state index contributed by atoms with van der Waals surface area (Å²) in [5, 5.41) is 8.10. The maximum Gasteiger partial charge on any atom is 0.511 e. The van der Waals surface area contributed by atoms with Crippen molar-refractivity contribution in [1.82, 2.24) is 9.62 Å². The van der Waals surface area contributed by atoms with Gasteiger partial charge in [-0.15, -0.1) is 11.8 Å². The van der Waals surface area contributed by atoms with Gasteiger partial charge in [0.05, 0.1) is 0 Å². The van der Waals surface area contributed by atoms with Crippen LogP contribution in [-0.4, -0.2) is 65.6 Å². The molecule has 0 unspecified atom stereocenters. The van der Waals surface area contributed by atoms with E-state index >= 15 is 0 Å². The second-order valence-electron chi connectivity index (χ2n) is 4.99. The number of β-lactam (4-membered cyclic amide) rings is 1. The maximum atomic E-state index is 12.4. The van der Waals surface area contributed by atoms with Crippen molar-refractivity contribution in [2.24, 2.45) is 0 Å². The average Bonchev–Trinajstić information content (AvgIpc) is 2.48. The summed E-state index contributed by atoms with van der Waals surface area (Å²) in [6, 6.07) is -1.73. The smallest absolute Gasteiger partial charge is 0.477 e. The van der Waals surface area contributed by atoms with E-state index in [1.54, 1.807) is 0 Å². The number of carbonyl (C=O) groups is 3. The molecule has 2 rings (SSSR count). The summed E-state index contributed by atoms with van der Waals surface area (Å²) in [5.41, 5.74) is -6.05. The Morgan fingerprint density at radius 1 is 1.44 bits per heavy atom. The fourth-order valence-electron chi connectivity index (χ4n) is 2.19. The lowest BCUT2D eigenvalue weighted by atomic mass is 10.0. The molecule has 0 aromatic rings. The lowest BCUT2D eigenvalue weighted by molar-refractivity contribution is -0.149. The van der Waals surface area contributed by atoms with Gasteiger partial charge >= 0.3 is 27.5 Å². The molecule has 0 aromatic carbocycles.